The van der Waals surface area contributed by atoms with Gasteiger partial charge in [-0.2, -0.15) is 0 Å². The van der Waals surface area contributed by atoms with Gasteiger partial charge in [0.05, 0.1) is 5.69 Å². The van der Waals surface area contributed by atoms with Crippen LogP contribution in [0.25, 0.3) is 0 Å². The molecule has 0 fully saturated rings. The minimum Gasteiger partial charge on any atom is -0.482 e. The molecule has 138 valence electrons. The van der Waals surface area contributed by atoms with Crippen LogP contribution in [-0.2, 0) is 16.1 Å². The van der Waals surface area contributed by atoms with Crippen LogP contribution in [0.2, 0.25) is 0 Å². The summed E-state index contributed by atoms with van der Waals surface area (Å²) in [6, 6.07) is 5.67. The number of rotatable bonds is 5. The van der Waals surface area contributed by atoms with Gasteiger partial charge in [0.1, 0.15) is 11.4 Å². The summed E-state index contributed by atoms with van der Waals surface area (Å²) in [5.74, 6) is 0.534. The fraction of sp³-hybridized carbons (Fsp3) is 0.556. The van der Waals surface area contributed by atoms with E-state index in [1.54, 1.807) is 11.9 Å². The number of anilines is 1. The van der Waals surface area contributed by atoms with Gasteiger partial charge < -0.3 is 25.0 Å². The molecule has 0 spiro atoms. The molecule has 1 aromatic rings. The molecule has 7 heteroatoms. The molecular formula is C18H27N3O4. The summed E-state index contributed by atoms with van der Waals surface area (Å²) in [5, 5.41) is 6.11. The number of ether oxygens (including phenoxy) is 2. The second-order valence-electron chi connectivity index (χ2n) is 7.24. The third-order valence-electron chi connectivity index (χ3n) is 3.79. The Bertz CT molecular complexity index is 640. The number of hydrogen-bond acceptors (Lipinski definition) is 5. The van der Waals surface area contributed by atoms with E-state index in [0.29, 0.717) is 24.5 Å². The lowest BCUT2D eigenvalue weighted by Crippen LogP contribution is -2.43. The van der Waals surface area contributed by atoms with E-state index in [1.807, 2.05) is 45.9 Å². The molecule has 1 unspecified atom stereocenters. The molecule has 0 bridgehead atoms. The average Bonchev–Trinajstić information content (AvgIpc) is 2.52. The van der Waals surface area contributed by atoms with Crippen molar-refractivity contribution in [2.45, 2.75) is 45.9 Å². The lowest BCUT2D eigenvalue weighted by molar-refractivity contribution is -0.118. The molecule has 7 nitrogen and oxygen atoms in total. The Morgan fingerprint density at radius 2 is 2.16 bits per heavy atom. The van der Waals surface area contributed by atoms with Gasteiger partial charge in [0.25, 0.3) is 5.91 Å². The minimum atomic E-state index is -0.506. The van der Waals surface area contributed by atoms with Crippen molar-refractivity contribution in [1.29, 1.82) is 0 Å². The predicted octanol–water partition coefficient (Wildman–Crippen LogP) is 2.36. The van der Waals surface area contributed by atoms with Crippen molar-refractivity contribution in [1.82, 2.24) is 10.2 Å². The van der Waals surface area contributed by atoms with Crippen molar-refractivity contribution in [3.05, 3.63) is 23.8 Å². The Balaban J connectivity index is 1.83. The van der Waals surface area contributed by atoms with Gasteiger partial charge in [-0.05, 0) is 45.4 Å². The van der Waals surface area contributed by atoms with Gasteiger partial charge in [-0.1, -0.05) is 6.07 Å². The van der Waals surface area contributed by atoms with Gasteiger partial charge in [-0.15, -0.1) is 0 Å². The third kappa shape index (κ3) is 5.63. The standard InChI is InChI=1S/C18H27N3O4/c1-12(21(5)17(23)25-18(2,3)4)9-19-10-13-6-7-15-14(8-13)20-16(22)11-24-15/h6-8,12,19H,9-11H2,1-5H3,(H,20,22). The Kier molecular flexibility index (Phi) is 5.89. The Morgan fingerprint density at radius 1 is 1.44 bits per heavy atom. The molecule has 1 atom stereocenters. The normalized spacial score (nSPS) is 14.8. The number of nitrogens with one attached hydrogen (secondary N) is 2. The summed E-state index contributed by atoms with van der Waals surface area (Å²) in [5.41, 5.74) is 1.21. The molecule has 0 radical (unpaired) electrons. The van der Waals surface area contributed by atoms with Crippen molar-refractivity contribution in [2.24, 2.45) is 0 Å². The highest BCUT2D eigenvalue weighted by molar-refractivity contribution is 5.95. The molecule has 0 saturated heterocycles. The van der Waals surface area contributed by atoms with Gasteiger partial charge in [-0.3, -0.25) is 4.79 Å². The number of nitrogens with zero attached hydrogens (tertiary/aromatic N) is 1. The molecule has 25 heavy (non-hydrogen) atoms. The summed E-state index contributed by atoms with van der Waals surface area (Å²) >= 11 is 0. The van der Waals surface area contributed by atoms with Crippen LogP contribution in [-0.4, -0.2) is 48.7 Å². The number of carbonyl (C=O) groups excluding carboxylic acids is 2. The van der Waals surface area contributed by atoms with E-state index in [9.17, 15) is 9.59 Å². The topological polar surface area (TPSA) is 79.9 Å². The number of likely N-dealkylation sites (N-methyl/N-ethyl adjacent to an activating group) is 1. The quantitative estimate of drug-likeness (QED) is 0.853. The maximum absolute atomic E-state index is 12.0. The molecule has 2 rings (SSSR count). The van der Waals surface area contributed by atoms with Crippen LogP contribution in [0.15, 0.2) is 18.2 Å². The molecule has 1 aliphatic heterocycles. The van der Waals surface area contributed by atoms with Gasteiger partial charge in [-0.25, -0.2) is 4.79 Å². The van der Waals surface area contributed by atoms with E-state index in [0.717, 1.165) is 5.56 Å². The SMILES string of the molecule is CC(CNCc1ccc2c(c1)NC(=O)CO2)N(C)C(=O)OC(C)(C)C. The molecule has 0 aromatic heterocycles. The summed E-state index contributed by atoms with van der Waals surface area (Å²) in [7, 11) is 1.73. The fourth-order valence-electron chi connectivity index (χ4n) is 2.32. The van der Waals surface area contributed by atoms with Crippen molar-refractivity contribution in [2.75, 3.05) is 25.5 Å². The molecule has 2 N–H and O–H groups in total. The summed E-state index contributed by atoms with van der Waals surface area (Å²) in [4.78, 5) is 25.0. The maximum atomic E-state index is 12.0. The zero-order valence-electron chi connectivity index (χ0n) is 15.5. The zero-order chi connectivity index (χ0) is 18.6. The molecule has 0 saturated carbocycles. The van der Waals surface area contributed by atoms with Crippen molar-refractivity contribution >= 4 is 17.7 Å². The molecular weight excluding hydrogens is 322 g/mol. The van der Waals surface area contributed by atoms with Gasteiger partial charge in [0.2, 0.25) is 0 Å². The smallest absolute Gasteiger partial charge is 0.410 e. The highest BCUT2D eigenvalue weighted by Crippen LogP contribution is 2.28. The fourth-order valence-corrected chi connectivity index (χ4v) is 2.32. The van der Waals surface area contributed by atoms with Crippen molar-refractivity contribution in [3.8, 4) is 5.75 Å². The van der Waals surface area contributed by atoms with Crippen molar-refractivity contribution < 1.29 is 19.1 Å². The monoisotopic (exact) mass is 349 g/mol. The molecule has 1 aromatic carbocycles. The van der Waals surface area contributed by atoms with Crippen LogP contribution < -0.4 is 15.4 Å². The van der Waals surface area contributed by atoms with Gasteiger partial charge in [0.15, 0.2) is 6.61 Å². The first-order valence-corrected chi connectivity index (χ1v) is 8.38. The van der Waals surface area contributed by atoms with Crippen LogP contribution in [0.4, 0.5) is 10.5 Å². The number of benzene rings is 1. The Morgan fingerprint density at radius 3 is 2.84 bits per heavy atom. The summed E-state index contributed by atoms with van der Waals surface area (Å²) in [6.45, 7) is 8.79. The van der Waals surface area contributed by atoms with Crippen LogP contribution in [0.1, 0.15) is 33.3 Å². The second-order valence-corrected chi connectivity index (χ2v) is 7.24. The van der Waals surface area contributed by atoms with Crippen molar-refractivity contribution in [3.63, 3.8) is 0 Å². The molecule has 2 amide bonds. The number of fused-ring (bicyclic) bond motifs is 1. The Labute approximate surface area is 148 Å². The largest absolute Gasteiger partial charge is 0.482 e. The maximum Gasteiger partial charge on any atom is 0.410 e. The first-order chi connectivity index (χ1) is 11.7. The molecule has 0 aliphatic carbocycles. The predicted molar refractivity (Wildman–Crippen MR) is 95.7 cm³/mol. The minimum absolute atomic E-state index is 0.0180. The zero-order valence-corrected chi connectivity index (χ0v) is 15.5. The summed E-state index contributed by atoms with van der Waals surface area (Å²) in [6.07, 6.45) is -0.338. The number of hydrogen-bond donors (Lipinski definition) is 2. The Hall–Kier alpha value is -2.28. The highest BCUT2D eigenvalue weighted by Gasteiger charge is 2.22. The second kappa shape index (κ2) is 7.74. The van der Waals surface area contributed by atoms with E-state index < -0.39 is 5.60 Å². The molecule has 1 aliphatic rings. The third-order valence-corrected chi connectivity index (χ3v) is 3.79. The van der Waals surface area contributed by atoms with E-state index >= 15 is 0 Å². The van der Waals surface area contributed by atoms with Gasteiger partial charge in [0, 0.05) is 26.2 Å². The van der Waals surface area contributed by atoms with E-state index in [1.165, 1.54) is 0 Å². The number of amides is 2. The first-order valence-electron chi connectivity index (χ1n) is 8.38. The highest BCUT2D eigenvalue weighted by atomic mass is 16.6. The van der Waals surface area contributed by atoms with Crippen LogP contribution >= 0.6 is 0 Å². The van der Waals surface area contributed by atoms with E-state index in [2.05, 4.69) is 10.6 Å². The van der Waals surface area contributed by atoms with Crippen LogP contribution in [0, 0.1) is 0 Å². The van der Waals surface area contributed by atoms with E-state index in [-0.39, 0.29) is 24.6 Å². The van der Waals surface area contributed by atoms with Crippen LogP contribution in [0.5, 0.6) is 5.75 Å². The number of carbonyl (C=O) groups is 2. The lowest BCUT2D eigenvalue weighted by atomic mass is 10.1. The molecule has 1 heterocycles. The lowest BCUT2D eigenvalue weighted by Gasteiger charge is -2.29. The van der Waals surface area contributed by atoms with Gasteiger partial charge >= 0.3 is 6.09 Å². The average molecular weight is 349 g/mol. The summed E-state index contributed by atoms with van der Waals surface area (Å²) < 4.78 is 10.7. The van der Waals surface area contributed by atoms with Crippen LogP contribution in [0.3, 0.4) is 0 Å². The van der Waals surface area contributed by atoms with E-state index in [4.69, 9.17) is 9.47 Å². The first kappa shape index (κ1) is 19.1.